The Morgan fingerprint density at radius 3 is 2.29 bits per heavy atom. The number of anilines is 1. The van der Waals surface area contributed by atoms with Gasteiger partial charge in [-0.15, -0.1) is 0 Å². The minimum atomic E-state index is -3.57. The lowest BCUT2D eigenvalue weighted by molar-refractivity contribution is -0.112. The van der Waals surface area contributed by atoms with Gasteiger partial charge < -0.3 is 19.5 Å². The smallest absolute Gasteiger partial charge is 0.251 e. The summed E-state index contributed by atoms with van der Waals surface area (Å²) in [5.41, 5.74) is 4.46. The Morgan fingerprint density at radius 1 is 0.911 bits per heavy atom. The van der Waals surface area contributed by atoms with Crippen LogP contribution in [0.2, 0.25) is 0 Å². The van der Waals surface area contributed by atoms with Crippen molar-refractivity contribution in [2.24, 2.45) is 0 Å². The molecule has 3 aromatic rings. The van der Waals surface area contributed by atoms with Crippen LogP contribution in [0.1, 0.15) is 57.1 Å². The van der Waals surface area contributed by atoms with Gasteiger partial charge in [-0.2, -0.15) is 0 Å². The van der Waals surface area contributed by atoms with E-state index >= 15 is 0 Å². The molecule has 5 rings (SSSR count). The highest BCUT2D eigenvalue weighted by molar-refractivity contribution is 7.91. The molecule has 9 heteroatoms. The number of nitrogens with one attached hydrogen (secondary N) is 1. The van der Waals surface area contributed by atoms with E-state index in [1.165, 1.54) is 0 Å². The summed E-state index contributed by atoms with van der Waals surface area (Å²) in [6.45, 7) is 7.68. The molecule has 0 aliphatic carbocycles. The number of fused-ring (bicyclic) bond motifs is 1. The topological polar surface area (TPSA) is 94.2 Å². The third kappa shape index (κ3) is 8.34. The number of ether oxygens (including phenoxy) is 3. The van der Waals surface area contributed by atoms with Crippen molar-refractivity contribution in [1.82, 2.24) is 4.90 Å². The van der Waals surface area contributed by atoms with Crippen molar-refractivity contribution in [1.29, 1.82) is 0 Å². The summed E-state index contributed by atoms with van der Waals surface area (Å²) >= 11 is 0. The second-order valence-electron chi connectivity index (χ2n) is 11.8. The van der Waals surface area contributed by atoms with Crippen LogP contribution in [0.4, 0.5) is 5.69 Å². The molecule has 45 heavy (non-hydrogen) atoms. The van der Waals surface area contributed by atoms with Crippen LogP contribution >= 0.6 is 0 Å². The molecule has 0 radical (unpaired) electrons. The van der Waals surface area contributed by atoms with Crippen LogP contribution in [-0.4, -0.2) is 64.5 Å². The normalized spacial score (nSPS) is 16.4. The van der Waals surface area contributed by atoms with Crippen molar-refractivity contribution in [3.8, 4) is 22.6 Å². The summed E-state index contributed by atoms with van der Waals surface area (Å²) in [5, 5.41) is 2.98. The molecule has 3 aromatic carbocycles. The van der Waals surface area contributed by atoms with E-state index in [9.17, 15) is 13.2 Å². The second-order valence-corrected chi connectivity index (χ2v) is 13.8. The maximum atomic E-state index is 13.4. The summed E-state index contributed by atoms with van der Waals surface area (Å²) < 4.78 is 43.8. The number of sulfone groups is 1. The molecular formula is C36H44N2O6S. The highest BCUT2D eigenvalue weighted by atomic mass is 32.2. The molecule has 0 unspecified atom stereocenters. The van der Waals surface area contributed by atoms with E-state index in [1.807, 2.05) is 61.5 Å². The Bertz CT molecular complexity index is 1610. The number of hydrogen-bond donors (Lipinski definition) is 1. The Labute approximate surface area is 267 Å². The molecule has 2 heterocycles. The average molecular weight is 633 g/mol. The molecule has 240 valence electrons. The number of benzene rings is 3. The van der Waals surface area contributed by atoms with Crippen molar-refractivity contribution in [2.75, 3.05) is 44.5 Å². The fraction of sp³-hybridized carbons (Fsp3) is 0.417. The Morgan fingerprint density at radius 2 is 1.58 bits per heavy atom. The number of hydrogen-bond acceptors (Lipinski definition) is 7. The van der Waals surface area contributed by atoms with Gasteiger partial charge in [0.25, 0.3) is 5.91 Å². The largest absolute Gasteiger partial charge is 0.490 e. The van der Waals surface area contributed by atoms with Crippen molar-refractivity contribution in [2.45, 2.75) is 63.4 Å². The minimum Gasteiger partial charge on any atom is -0.490 e. The maximum absolute atomic E-state index is 13.4. The fourth-order valence-electron chi connectivity index (χ4n) is 5.71. The van der Waals surface area contributed by atoms with Gasteiger partial charge in [-0.05, 0) is 104 Å². The zero-order valence-corrected chi connectivity index (χ0v) is 27.3. The molecule has 1 amide bonds. The quantitative estimate of drug-likeness (QED) is 0.236. The molecule has 0 atom stereocenters. The lowest BCUT2D eigenvalue weighted by atomic mass is 10.0. The third-order valence-corrected chi connectivity index (χ3v) is 10.0. The minimum absolute atomic E-state index is 0.130. The fourth-order valence-corrected chi connectivity index (χ4v) is 7.17. The third-order valence-electron chi connectivity index (χ3n) is 8.26. The molecule has 2 aliphatic heterocycles. The van der Waals surface area contributed by atoms with Gasteiger partial charge in [0.2, 0.25) is 0 Å². The number of amides is 1. The predicted molar refractivity (Wildman–Crippen MR) is 178 cm³/mol. The SMILES string of the molecule is CCCOc1ccc(-c2ccc3c(c2)C=C(C(=O)Nc2ccc(CN(C)C4CCOCC4)cc2)CCS3(=O)=O)cc1OCCC. The van der Waals surface area contributed by atoms with Crippen molar-refractivity contribution < 1.29 is 27.4 Å². The van der Waals surface area contributed by atoms with E-state index in [0.29, 0.717) is 47.6 Å². The Kier molecular flexibility index (Phi) is 11.0. The van der Waals surface area contributed by atoms with Crippen LogP contribution in [0.3, 0.4) is 0 Å². The molecule has 1 saturated heterocycles. The van der Waals surface area contributed by atoms with Gasteiger partial charge >= 0.3 is 0 Å². The molecular weight excluding hydrogens is 588 g/mol. The summed E-state index contributed by atoms with van der Waals surface area (Å²) in [5.74, 6) is 0.907. The van der Waals surface area contributed by atoms with Gasteiger partial charge in [-0.3, -0.25) is 9.69 Å². The van der Waals surface area contributed by atoms with Crippen LogP contribution in [-0.2, 0) is 25.9 Å². The zero-order chi connectivity index (χ0) is 31.8. The summed E-state index contributed by atoms with van der Waals surface area (Å²) in [6, 6.07) is 19.4. The van der Waals surface area contributed by atoms with Gasteiger partial charge in [-0.1, -0.05) is 38.1 Å². The van der Waals surface area contributed by atoms with Gasteiger partial charge in [0.15, 0.2) is 21.3 Å². The first kappa shape index (κ1) is 32.7. The van der Waals surface area contributed by atoms with E-state index in [1.54, 1.807) is 12.1 Å². The second kappa shape index (κ2) is 15.1. The van der Waals surface area contributed by atoms with E-state index in [4.69, 9.17) is 14.2 Å². The Hall–Kier alpha value is -3.66. The van der Waals surface area contributed by atoms with Crippen LogP contribution in [0, 0.1) is 0 Å². The molecule has 1 fully saturated rings. The average Bonchev–Trinajstić information content (AvgIpc) is 3.19. The summed E-state index contributed by atoms with van der Waals surface area (Å²) in [4.78, 5) is 16.0. The monoisotopic (exact) mass is 632 g/mol. The molecule has 0 aromatic heterocycles. The highest BCUT2D eigenvalue weighted by Crippen LogP contribution is 2.36. The van der Waals surface area contributed by atoms with E-state index in [2.05, 4.69) is 24.2 Å². The van der Waals surface area contributed by atoms with Crippen molar-refractivity contribution in [3.05, 3.63) is 77.4 Å². The number of nitrogens with zero attached hydrogens (tertiary/aromatic N) is 1. The zero-order valence-electron chi connectivity index (χ0n) is 26.5. The van der Waals surface area contributed by atoms with Gasteiger partial charge in [0, 0.05) is 37.1 Å². The first-order valence-corrected chi connectivity index (χ1v) is 17.6. The highest BCUT2D eigenvalue weighted by Gasteiger charge is 2.25. The van der Waals surface area contributed by atoms with E-state index < -0.39 is 9.84 Å². The summed E-state index contributed by atoms with van der Waals surface area (Å²) in [6.07, 6.45) is 5.66. The van der Waals surface area contributed by atoms with Gasteiger partial charge in [0.05, 0.1) is 23.9 Å². The van der Waals surface area contributed by atoms with Crippen LogP contribution in [0.25, 0.3) is 17.2 Å². The molecule has 8 nitrogen and oxygen atoms in total. The number of rotatable bonds is 12. The molecule has 2 aliphatic rings. The van der Waals surface area contributed by atoms with E-state index in [-0.39, 0.29) is 23.0 Å². The van der Waals surface area contributed by atoms with Gasteiger partial charge in [0.1, 0.15) is 0 Å². The number of carbonyl (C=O) groups is 1. The van der Waals surface area contributed by atoms with Crippen LogP contribution in [0.15, 0.2) is 71.1 Å². The molecule has 0 spiro atoms. The first-order chi connectivity index (χ1) is 21.8. The number of carbonyl (C=O) groups excluding carboxylic acids is 1. The standard InChI is InChI=1S/C36H44N2O6S/c1-4-17-43-33-12-8-28(24-34(33)44-18-5-2)27-9-13-35-30(22-27)23-29(16-21-45(35,40)41)36(39)37-31-10-6-26(7-11-31)25-38(3)32-14-19-42-20-15-32/h6-13,22-24,32H,4-5,14-21,25H2,1-3H3,(H,37,39). The van der Waals surface area contributed by atoms with Gasteiger partial charge in [-0.25, -0.2) is 8.42 Å². The Balaban J connectivity index is 1.34. The summed E-state index contributed by atoms with van der Waals surface area (Å²) in [7, 11) is -1.43. The predicted octanol–water partition coefficient (Wildman–Crippen LogP) is 6.74. The first-order valence-electron chi connectivity index (χ1n) is 15.9. The van der Waals surface area contributed by atoms with Crippen molar-refractivity contribution in [3.63, 3.8) is 0 Å². The lowest BCUT2D eigenvalue weighted by Gasteiger charge is -2.31. The van der Waals surface area contributed by atoms with Crippen LogP contribution in [0.5, 0.6) is 11.5 Å². The van der Waals surface area contributed by atoms with E-state index in [0.717, 1.165) is 62.1 Å². The van der Waals surface area contributed by atoms with Crippen molar-refractivity contribution >= 4 is 27.5 Å². The maximum Gasteiger partial charge on any atom is 0.251 e. The molecule has 0 saturated carbocycles. The molecule has 0 bridgehead atoms. The lowest BCUT2D eigenvalue weighted by Crippen LogP contribution is -2.36. The van der Waals surface area contributed by atoms with Crippen LogP contribution < -0.4 is 14.8 Å². The molecule has 1 N–H and O–H groups in total.